The molecule has 3 rings (SSSR count). The Balaban J connectivity index is 1.38. The Bertz CT molecular complexity index is 1590. The number of aliphatic hydroxyl groups is 11. The summed E-state index contributed by atoms with van der Waals surface area (Å²) in [4.78, 5) is 13.1. The highest BCUT2D eigenvalue weighted by Crippen LogP contribution is 2.33. The van der Waals surface area contributed by atoms with Crippen molar-refractivity contribution in [2.45, 2.75) is 311 Å². The minimum atomic E-state index is -1.98. The molecule has 79 heavy (non-hydrogen) atoms. The maximum Gasteiger partial charge on any atom is 0.220 e. The van der Waals surface area contributed by atoms with Crippen molar-refractivity contribution in [3.63, 3.8) is 0 Å². The van der Waals surface area contributed by atoms with Crippen LogP contribution in [0.1, 0.15) is 206 Å². The van der Waals surface area contributed by atoms with Crippen molar-refractivity contribution in [3.8, 4) is 0 Å². The molecular formula is C60H109NO18. The molecule has 1 amide bonds. The second-order valence-corrected chi connectivity index (χ2v) is 22.2. The number of ether oxygens (including phenoxy) is 6. The van der Waals surface area contributed by atoms with E-state index in [0.29, 0.717) is 12.8 Å². The SMILES string of the molecule is CCCCCCCCCCCCCCCCCCCCC/C=C/CC/C=C/CC/C=C/C(O)C(COC1OC(CO)C(OC2OC(CO)C(OC3OC(CO)C(O)C(O)C3O)C(O)C2O)C(O)C1O)NC(=O)CCCCCCC. The summed E-state index contributed by atoms with van der Waals surface area (Å²) in [6, 6.07) is -0.990. The van der Waals surface area contributed by atoms with Gasteiger partial charge in [-0.05, 0) is 44.9 Å². The predicted octanol–water partition coefficient (Wildman–Crippen LogP) is 5.71. The Hall–Kier alpha value is -1.99. The molecule has 0 bridgehead atoms. The third-order valence-electron chi connectivity index (χ3n) is 15.4. The van der Waals surface area contributed by atoms with Crippen molar-refractivity contribution in [1.29, 1.82) is 0 Å². The van der Waals surface area contributed by atoms with Gasteiger partial charge in [-0.2, -0.15) is 0 Å². The van der Waals surface area contributed by atoms with E-state index < -0.39 is 124 Å². The van der Waals surface area contributed by atoms with Gasteiger partial charge in [0.2, 0.25) is 5.91 Å². The van der Waals surface area contributed by atoms with Gasteiger partial charge in [0, 0.05) is 6.42 Å². The summed E-state index contributed by atoms with van der Waals surface area (Å²) in [7, 11) is 0. The molecule has 0 aromatic heterocycles. The maximum absolute atomic E-state index is 13.1. The summed E-state index contributed by atoms with van der Waals surface area (Å²) in [5.41, 5.74) is 0. The number of hydrogen-bond acceptors (Lipinski definition) is 18. The number of rotatable bonds is 45. The van der Waals surface area contributed by atoms with Crippen LogP contribution in [0.3, 0.4) is 0 Å². The monoisotopic (exact) mass is 1130 g/mol. The molecule has 3 aliphatic rings. The zero-order valence-electron chi connectivity index (χ0n) is 48.1. The molecular weight excluding hydrogens is 1020 g/mol. The predicted molar refractivity (Wildman–Crippen MR) is 300 cm³/mol. The minimum absolute atomic E-state index is 0.227. The largest absolute Gasteiger partial charge is 0.394 e. The number of carbonyl (C=O) groups is 1. The van der Waals surface area contributed by atoms with E-state index in [1.54, 1.807) is 6.08 Å². The number of allylic oxidation sites excluding steroid dienone is 5. The van der Waals surface area contributed by atoms with Gasteiger partial charge in [-0.3, -0.25) is 4.79 Å². The van der Waals surface area contributed by atoms with Crippen LogP contribution >= 0.6 is 0 Å². The van der Waals surface area contributed by atoms with E-state index >= 15 is 0 Å². The molecule has 0 aromatic rings. The molecule has 3 aliphatic heterocycles. The number of amides is 1. The molecule has 462 valence electrons. The fraction of sp³-hybridized carbons (Fsp3) is 0.883. The van der Waals surface area contributed by atoms with Gasteiger partial charge in [0.15, 0.2) is 18.9 Å². The fourth-order valence-electron chi connectivity index (χ4n) is 10.3. The number of unbranched alkanes of at least 4 members (excludes halogenated alkanes) is 25. The van der Waals surface area contributed by atoms with Crippen molar-refractivity contribution in [3.05, 3.63) is 36.5 Å². The summed E-state index contributed by atoms with van der Waals surface area (Å²) in [6.07, 6.45) is 20.9. The number of carbonyl (C=O) groups excluding carboxylic acids is 1. The molecule has 19 heteroatoms. The van der Waals surface area contributed by atoms with E-state index in [1.807, 2.05) is 6.08 Å². The van der Waals surface area contributed by atoms with Crippen molar-refractivity contribution in [2.24, 2.45) is 0 Å². The van der Waals surface area contributed by atoms with Gasteiger partial charge in [-0.25, -0.2) is 0 Å². The van der Waals surface area contributed by atoms with Crippen LogP contribution in [0.25, 0.3) is 0 Å². The van der Waals surface area contributed by atoms with Crippen LogP contribution < -0.4 is 5.32 Å². The third kappa shape index (κ3) is 27.5. The summed E-state index contributed by atoms with van der Waals surface area (Å²) in [5, 5.41) is 120. The average Bonchev–Trinajstić information content (AvgIpc) is 3.54. The highest BCUT2D eigenvalue weighted by atomic mass is 16.8. The average molecular weight is 1130 g/mol. The Labute approximate surface area is 472 Å². The molecule has 17 unspecified atom stereocenters. The topological polar surface area (TPSA) is 307 Å². The number of hydrogen-bond donors (Lipinski definition) is 12. The lowest BCUT2D eigenvalue weighted by atomic mass is 9.96. The Morgan fingerprint density at radius 3 is 1.27 bits per heavy atom. The van der Waals surface area contributed by atoms with E-state index in [2.05, 4.69) is 43.5 Å². The van der Waals surface area contributed by atoms with Gasteiger partial charge in [0.1, 0.15) is 73.2 Å². The molecule has 3 fully saturated rings. The molecule has 0 saturated carbocycles. The normalized spacial score (nSPS) is 30.5. The van der Waals surface area contributed by atoms with Gasteiger partial charge in [0.05, 0.1) is 38.6 Å². The first kappa shape index (κ1) is 71.3. The first-order valence-corrected chi connectivity index (χ1v) is 30.7. The molecule has 17 atom stereocenters. The zero-order valence-corrected chi connectivity index (χ0v) is 48.1. The minimum Gasteiger partial charge on any atom is -0.394 e. The second-order valence-electron chi connectivity index (χ2n) is 22.2. The molecule has 3 heterocycles. The van der Waals surface area contributed by atoms with Gasteiger partial charge in [0.25, 0.3) is 0 Å². The zero-order chi connectivity index (χ0) is 57.6. The standard InChI is InChI=1S/C60H109NO18/c1-3-5-7-9-10-11-12-13-14-15-16-17-18-19-20-21-22-23-24-25-26-27-28-29-30-31-32-34-35-37-44(65)43(61-48(66)38-36-33-8-6-4-2)42-74-58-54(72)51(69)56(46(40-63)76-58)79-60-55(73)52(70)57(47(41-64)77-60)78-59-53(71)50(68)49(67)45(39-62)75-59/h26-27,30-31,35,37,43-47,49-60,62-65,67-73H,3-25,28-29,32-34,36,38-42H2,1-2H3,(H,61,66)/b27-26+,31-30+,37-35+. The van der Waals surface area contributed by atoms with E-state index in [1.165, 1.54) is 122 Å². The summed E-state index contributed by atoms with van der Waals surface area (Å²) >= 11 is 0. The first-order chi connectivity index (χ1) is 38.3. The van der Waals surface area contributed by atoms with Gasteiger partial charge in [-0.1, -0.05) is 192 Å². The Morgan fingerprint density at radius 1 is 0.443 bits per heavy atom. The van der Waals surface area contributed by atoms with Gasteiger partial charge in [-0.15, -0.1) is 0 Å². The smallest absolute Gasteiger partial charge is 0.220 e. The molecule has 3 saturated heterocycles. The van der Waals surface area contributed by atoms with Crippen LogP contribution in [-0.4, -0.2) is 193 Å². The quantitative estimate of drug-likeness (QED) is 0.0257. The van der Waals surface area contributed by atoms with Crippen molar-refractivity contribution >= 4 is 5.91 Å². The van der Waals surface area contributed by atoms with Crippen molar-refractivity contribution < 1.29 is 89.4 Å². The van der Waals surface area contributed by atoms with Crippen LogP contribution in [0.5, 0.6) is 0 Å². The van der Waals surface area contributed by atoms with Gasteiger partial charge >= 0.3 is 0 Å². The fourth-order valence-corrected chi connectivity index (χ4v) is 10.3. The molecule has 0 aromatic carbocycles. The first-order valence-electron chi connectivity index (χ1n) is 30.7. The second kappa shape index (κ2) is 43.6. The molecule has 0 radical (unpaired) electrons. The summed E-state index contributed by atoms with van der Waals surface area (Å²) < 4.78 is 34.1. The van der Waals surface area contributed by atoms with Crippen LogP contribution in [0.15, 0.2) is 36.5 Å². The van der Waals surface area contributed by atoms with Crippen molar-refractivity contribution in [2.75, 3.05) is 26.4 Å². The third-order valence-corrected chi connectivity index (χ3v) is 15.4. The van der Waals surface area contributed by atoms with E-state index in [4.69, 9.17) is 28.4 Å². The summed E-state index contributed by atoms with van der Waals surface area (Å²) in [6.45, 7) is 1.58. The lowest BCUT2D eigenvalue weighted by Crippen LogP contribution is -2.66. The summed E-state index contributed by atoms with van der Waals surface area (Å²) in [5.74, 6) is -0.304. The molecule has 0 aliphatic carbocycles. The highest BCUT2D eigenvalue weighted by Gasteiger charge is 2.53. The number of nitrogens with one attached hydrogen (secondary N) is 1. The van der Waals surface area contributed by atoms with Crippen LogP contribution in [0, 0.1) is 0 Å². The Morgan fingerprint density at radius 2 is 0.810 bits per heavy atom. The van der Waals surface area contributed by atoms with E-state index in [9.17, 15) is 61.0 Å². The molecule has 19 nitrogen and oxygen atoms in total. The van der Waals surface area contributed by atoms with Crippen LogP contribution in [0.2, 0.25) is 0 Å². The lowest BCUT2D eigenvalue weighted by molar-refractivity contribution is -0.379. The van der Waals surface area contributed by atoms with Gasteiger partial charge < -0.3 is 89.9 Å². The van der Waals surface area contributed by atoms with Crippen molar-refractivity contribution in [1.82, 2.24) is 5.32 Å². The highest BCUT2D eigenvalue weighted by molar-refractivity contribution is 5.76. The van der Waals surface area contributed by atoms with Crippen LogP contribution in [0.4, 0.5) is 0 Å². The number of aliphatic hydroxyl groups excluding tert-OH is 11. The maximum atomic E-state index is 13.1. The van der Waals surface area contributed by atoms with E-state index in [0.717, 1.165) is 51.4 Å². The van der Waals surface area contributed by atoms with Crippen LogP contribution in [-0.2, 0) is 33.2 Å². The van der Waals surface area contributed by atoms with E-state index in [-0.39, 0.29) is 18.9 Å². The lowest BCUT2D eigenvalue weighted by Gasteiger charge is -2.48. The molecule has 0 spiro atoms. The Kier molecular flexibility index (Phi) is 39.4. The molecule has 12 N–H and O–H groups in total.